The van der Waals surface area contributed by atoms with Gasteiger partial charge in [0.25, 0.3) is 0 Å². The van der Waals surface area contributed by atoms with Gasteiger partial charge in [-0.15, -0.1) is 0 Å². The number of carboxylic acid groups (broad SMARTS) is 1. The summed E-state index contributed by atoms with van der Waals surface area (Å²) in [5.74, 6) is -0.998. The van der Waals surface area contributed by atoms with Crippen LogP contribution in [0.3, 0.4) is 0 Å². The Kier molecular flexibility index (Phi) is 4.92. The molecule has 1 rings (SSSR count). The molecule has 1 amide bonds. The van der Waals surface area contributed by atoms with E-state index in [1.165, 1.54) is 0 Å². The van der Waals surface area contributed by atoms with Crippen molar-refractivity contribution in [1.29, 1.82) is 0 Å². The summed E-state index contributed by atoms with van der Waals surface area (Å²) >= 11 is 0. The highest BCUT2D eigenvalue weighted by molar-refractivity contribution is 5.84. The predicted octanol–water partition coefficient (Wildman–Crippen LogP) is 3.01. The second-order valence-corrected chi connectivity index (χ2v) is 5.23. The van der Waals surface area contributed by atoms with Gasteiger partial charge in [0.15, 0.2) is 0 Å². The molecule has 0 aromatic heterocycles. The lowest BCUT2D eigenvalue weighted by atomic mass is 9.87. The molecule has 0 bridgehead atoms. The first kappa shape index (κ1) is 15.0. The first-order valence-electron chi connectivity index (χ1n) is 6.05. The number of amides is 1. The lowest BCUT2D eigenvalue weighted by Gasteiger charge is -2.19. The van der Waals surface area contributed by atoms with E-state index in [1.54, 1.807) is 12.1 Å². The molecule has 1 aromatic rings. The fourth-order valence-electron chi connectivity index (χ4n) is 1.44. The van der Waals surface area contributed by atoms with E-state index in [2.05, 4.69) is 26.1 Å². The Bertz CT molecular complexity index is 446. The number of hydrogen-bond donors (Lipinski definition) is 2. The van der Waals surface area contributed by atoms with Crippen molar-refractivity contribution < 1.29 is 19.4 Å². The van der Waals surface area contributed by atoms with E-state index in [-0.39, 0.29) is 18.4 Å². The quantitative estimate of drug-likeness (QED) is 0.877. The summed E-state index contributed by atoms with van der Waals surface area (Å²) in [6.45, 7) is 6.18. The second kappa shape index (κ2) is 6.22. The SMILES string of the molecule is CC(C)(C)c1ccc(NC(=O)OCCC(=O)O)cc1. The first-order valence-corrected chi connectivity index (χ1v) is 6.05. The molecule has 0 fully saturated rings. The number of carbonyl (C=O) groups excluding carboxylic acids is 1. The van der Waals surface area contributed by atoms with E-state index in [0.29, 0.717) is 5.69 Å². The van der Waals surface area contributed by atoms with Crippen LogP contribution in [0.25, 0.3) is 0 Å². The Hall–Kier alpha value is -2.04. The molecule has 104 valence electrons. The normalized spacial score (nSPS) is 10.9. The summed E-state index contributed by atoms with van der Waals surface area (Å²) in [5.41, 5.74) is 1.84. The number of benzene rings is 1. The minimum absolute atomic E-state index is 0.0561. The van der Waals surface area contributed by atoms with Crippen molar-refractivity contribution in [2.45, 2.75) is 32.6 Å². The van der Waals surface area contributed by atoms with Crippen LogP contribution in [-0.2, 0) is 14.9 Å². The summed E-state index contributed by atoms with van der Waals surface area (Å²) in [7, 11) is 0. The van der Waals surface area contributed by atoms with Gasteiger partial charge in [-0.3, -0.25) is 10.1 Å². The number of anilines is 1. The van der Waals surface area contributed by atoms with Crippen molar-refractivity contribution in [1.82, 2.24) is 0 Å². The molecule has 5 heteroatoms. The van der Waals surface area contributed by atoms with Crippen molar-refractivity contribution in [3.05, 3.63) is 29.8 Å². The van der Waals surface area contributed by atoms with Gasteiger partial charge in [0.2, 0.25) is 0 Å². The second-order valence-electron chi connectivity index (χ2n) is 5.23. The predicted molar refractivity (Wildman–Crippen MR) is 72.4 cm³/mol. The topological polar surface area (TPSA) is 75.6 Å². The standard InChI is InChI=1S/C14H19NO4/c1-14(2,3)10-4-6-11(7-5-10)15-13(18)19-9-8-12(16)17/h4-7H,8-9H2,1-3H3,(H,15,18)(H,16,17). The summed E-state index contributed by atoms with van der Waals surface area (Å²) in [6.07, 6.45) is -0.846. The summed E-state index contributed by atoms with van der Waals surface area (Å²) in [6, 6.07) is 7.46. The average Bonchev–Trinajstić information content (AvgIpc) is 2.27. The molecular formula is C14H19NO4. The highest BCUT2D eigenvalue weighted by atomic mass is 16.5. The zero-order valence-corrected chi connectivity index (χ0v) is 11.4. The number of hydrogen-bond acceptors (Lipinski definition) is 3. The van der Waals surface area contributed by atoms with E-state index in [4.69, 9.17) is 9.84 Å². The van der Waals surface area contributed by atoms with Crippen molar-refractivity contribution in [3.8, 4) is 0 Å². The lowest BCUT2D eigenvalue weighted by Crippen LogP contribution is -2.16. The fraction of sp³-hybridized carbons (Fsp3) is 0.429. The smallest absolute Gasteiger partial charge is 0.411 e. The average molecular weight is 265 g/mol. The van der Waals surface area contributed by atoms with Crippen molar-refractivity contribution in [2.75, 3.05) is 11.9 Å². The van der Waals surface area contributed by atoms with Crippen LogP contribution in [0.15, 0.2) is 24.3 Å². The molecule has 0 unspecified atom stereocenters. The van der Waals surface area contributed by atoms with E-state index in [1.807, 2.05) is 12.1 Å². The minimum Gasteiger partial charge on any atom is -0.481 e. The van der Waals surface area contributed by atoms with Gasteiger partial charge in [0, 0.05) is 5.69 Å². The van der Waals surface area contributed by atoms with E-state index in [9.17, 15) is 9.59 Å². The Morgan fingerprint density at radius 1 is 1.21 bits per heavy atom. The van der Waals surface area contributed by atoms with Crippen molar-refractivity contribution in [2.24, 2.45) is 0 Å². The molecule has 2 N–H and O–H groups in total. The third kappa shape index (κ3) is 5.42. The molecule has 0 aliphatic heterocycles. The van der Waals surface area contributed by atoms with Gasteiger partial charge < -0.3 is 9.84 Å². The third-order valence-electron chi connectivity index (χ3n) is 2.55. The molecule has 0 saturated heterocycles. The number of nitrogens with one attached hydrogen (secondary N) is 1. The molecule has 19 heavy (non-hydrogen) atoms. The van der Waals surface area contributed by atoms with Crippen LogP contribution < -0.4 is 5.32 Å². The van der Waals surface area contributed by atoms with Crippen LogP contribution >= 0.6 is 0 Å². The first-order chi connectivity index (χ1) is 8.79. The van der Waals surface area contributed by atoms with Crippen LogP contribution in [0.4, 0.5) is 10.5 Å². The lowest BCUT2D eigenvalue weighted by molar-refractivity contribution is -0.137. The van der Waals surface area contributed by atoms with Gasteiger partial charge in [0.1, 0.15) is 6.61 Å². The molecule has 0 aliphatic rings. The zero-order valence-electron chi connectivity index (χ0n) is 11.4. The van der Waals surface area contributed by atoms with Gasteiger partial charge in [-0.2, -0.15) is 0 Å². The molecule has 0 atom stereocenters. The highest BCUT2D eigenvalue weighted by Crippen LogP contribution is 2.23. The maximum atomic E-state index is 11.3. The van der Waals surface area contributed by atoms with Crippen LogP contribution in [0.1, 0.15) is 32.8 Å². The number of aliphatic carboxylic acids is 1. The molecule has 0 saturated carbocycles. The third-order valence-corrected chi connectivity index (χ3v) is 2.55. The Morgan fingerprint density at radius 2 is 1.79 bits per heavy atom. The largest absolute Gasteiger partial charge is 0.481 e. The van der Waals surface area contributed by atoms with E-state index in [0.717, 1.165) is 5.56 Å². The number of carboxylic acids is 1. The molecule has 0 radical (unpaired) electrons. The molecule has 1 aromatic carbocycles. The monoisotopic (exact) mass is 265 g/mol. The highest BCUT2D eigenvalue weighted by Gasteiger charge is 2.13. The van der Waals surface area contributed by atoms with Crippen molar-refractivity contribution in [3.63, 3.8) is 0 Å². The summed E-state index contributed by atoms with van der Waals surface area (Å²) < 4.78 is 4.72. The fourth-order valence-corrected chi connectivity index (χ4v) is 1.44. The van der Waals surface area contributed by atoms with Crippen LogP contribution in [0, 0.1) is 0 Å². The Morgan fingerprint density at radius 3 is 2.26 bits per heavy atom. The van der Waals surface area contributed by atoms with Gasteiger partial charge in [-0.1, -0.05) is 32.9 Å². The van der Waals surface area contributed by atoms with Crippen molar-refractivity contribution >= 4 is 17.7 Å². The summed E-state index contributed by atoms with van der Waals surface area (Å²) in [4.78, 5) is 21.6. The Balaban J connectivity index is 2.49. The maximum Gasteiger partial charge on any atom is 0.411 e. The number of ether oxygens (including phenoxy) is 1. The minimum atomic E-state index is -0.998. The van der Waals surface area contributed by atoms with Crippen LogP contribution in [-0.4, -0.2) is 23.8 Å². The molecule has 5 nitrogen and oxygen atoms in total. The molecule has 0 heterocycles. The molecule has 0 aliphatic carbocycles. The number of carbonyl (C=O) groups is 2. The Labute approximate surface area is 112 Å². The van der Waals surface area contributed by atoms with Crippen LogP contribution in [0.2, 0.25) is 0 Å². The van der Waals surface area contributed by atoms with E-state index >= 15 is 0 Å². The van der Waals surface area contributed by atoms with E-state index < -0.39 is 12.1 Å². The van der Waals surface area contributed by atoms with Gasteiger partial charge in [-0.05, 0) is 23.1 Å². The number of rotatable bonds is 4. The van der Waals surface area contributed by atoms with Gasteiger partial charge in [-0.25, -0.2) is 4.79 Å². The summed E-state index contributed by atoms with van der Waals surface area (Å²) in [5, 5.41) is 11.0. The molecular weight excluding hydrogens is 246 g/mol. The molecule has 0 spiro atoms. The van der Waals surface area contributed by atoms with Crippen LogP contribution in [0.5, 0.6) is 0 Å². The van der Waals surface area contributed by atoms with Gasteiger partial charge in [0.05, 0.1) is 6.42 Å². The zero-order chi connectivity index (χ0) is 14.5. The van der Waals surface area contributed by atoms with Gasteiger partial charge >= 0.3 is 12.1 Å². The maximum absolute atomic E-state index is 11.3.